The van der Waals surface area contributed by atoms with Crippen LogP contribution in [0.1, 0.15) is 33.1 Å². The summed E-state index contributed by atoms with van der Waals surface area (Å²) in [7, 11) is 0. The molecule has 2 bridgehead atoms. The summed E-state index contributed by atoms with van der Waals surface area (Å²) >= 11 is -2.11. The van der Waals surface area contributed by atoms with Gasteiger partial charge in [0.25, 0.3) is 0 Å². The van der Waals surface area contributed by atoms with Crippen LogP contribution >= 0.6 is 0 Å². The molecule has 15 heavy (non-hydrogen) atoms. The molecule has 3 nitrogen and oxygen atoms in total. The van der Waals surface area contributed by atoms with Gasteiger partial charge in [-0.1, -0.05) is 24.9 Å². The molecule has 80 valence electrons. The van der Waals surface area contributed by atoms with Crippen LogP contribution in [0.5, 0.6) is 0 Å². The first kappa shape index (κ1) is 13.8. The van der Waals surface area contributed by atoms with Gasteiger partial charge in [0.2, 0.25) is 0 Å². The average molecular weight is 238 g/mol. The maximum Gasteiger partial charge on any atom is 1.00 e. The second-order valence-corrected chi connectivity index (χ2v) is 6.01. The SMILES string of the molecule is CC1(C)[C@H]2CC[C@]1(CS(=O)[O-])C(=O)C2.[Na+]. The number of rotatable bonds is 2. The zero-order chi connectivity index (χ0) is 10.6. The Hall–Kier alpha value is 0.780. The summed E-state index contributed by atoms with van der Waals surface area (Å²) in [5, 5.41) is 0. The fourth-order valence-corrected chi connectivity index (χ4v) is 4.39. The van der Waals surface area contributed by atoms with Gasteiger partial charge in [-0.2, -0.15) is 0 Å². The van der Waals surface area contributed by atoms with Gasteiger partial charge in [-0.25, -0.2) is 0 Å². The van der Waals surface area contributed by atoms with E-state index in [1.165, 1.54) is 0 Å². The van der Waals surface area contributed by atoms with Crippen LogP contribution in [0.25, 0.3) is 0 Å². The maximum absolute atomic E-state index is 11.8. The van der Waals surface area contributed by atoms with Crippen molar-refractivity contribution in [3.63, 3.8) is 0 Å². The molecule has 0 heterocycles. The molecular formula is C10H15NaO3S. The Morgan fingerprint density at radius 3 is 2.47 bits per heavy atom. The first-order valence-corrected chi connectivity index (χ1v) is 6.24. The molecule has 2 aliphatic carbocycles. The number of hydrogen-bond acceptors (Lipinski definition) is 3. The van der Waals surface area contributed by atoms with E-state index in [4.69, 9.17) is 0 Å². The smallest absolute Gasteiger partial charge is 0.772 e. The Labute approximate surface area is 115 Å². The number of carbonyl (C=O) groups excluding carboxylic acids is 1. The molecule has 2 fully saturated rings. The van der Waals surface area contributed by atoms with Crippen LogP contribution in [0, 0.1) is 16.7 Å². The van der Waals surface area contributed by atoms with Crippen molar-refractivity contribution in [3.8, 4) is 0 Å². The van der Waals surface area contributed by atoms with E-state index in [2.05, 4.69) is 0 Å². The van der Waals surface area contributed by atoms with Crippen molar-refractivity contribution in [3.05, 3.63) is 0 Å². The molecule has 0 aromatic rings. The summed E-state index contributed by atoms with van der Waals surface area (Å²) < 4.78 is 21.6. The summed E-state index contributed by atoms with van der Waals surface area (Å²) in [5.74, 6) is 0.594. The molecule has 0 aliphatic heterocycles. The minimum absolute atomic E-state index is 0. The van der Waals surface area contributed by atoms with E-state index >= 15 is 0 Å². The topological polar surface area (TPSA) is 57.2 Å². The molecular weight excluding hydrogens is 223 g/mol. The molecule has 2 aliphatic rings. The van der Waals surface area contributed by atoms with Gasteiger partial charge >= 0.3 is 29.6 Å². The van der Waals surface area contributed by atoms with Crippen LogP contribution in [-0.2, 0) is 15.9 Å². The van der Waals surface area contributed by atoms with E-state index in [1.54, 1.807) is 0 Å². The van der Waals surface area contributed by atoms with Crippen molar-refractivity contribution >= 4 is 16.9 Å². The Morgan fingerprint density at radius 1 is 1.53 bits per heavy atom. The first-order chi connectivity index (χ1) is 6.40. The zero-order valence-electron chi connectivity index (χ0n) is 9.54. The van der Waals surface area contributed by atoms with Crippen molar-refractivity contribution in [1.82, 2.24) is 0 Å². The summed E-state index contributed by atoms with van der Waals surface area (Å²) in [6.07, 6.45) is 2.36. The van der Waals surface area contributed by atoms with Crippen LogP contribution < -0.4 is 29.6 Å². The van der Waals surface area contributed by atoms with Gasteiger partial charge in [0.1, 0.15) is 5.78 Å². The van der Waals surface area contributed by atoms with Crippen molar-refractivity contribution in [2.75, 3.05) is 5.75 Å². The number of Topliss-reactive ketones (excluding diaryl/α,β-unsaturated/α-hetero) is 1. The fourth-order valence-electron chi connectivity index (χ4n) is 3.31. The van der Waals surface area contributed by atoms with Crippen molar-refractivity contribution in [2.24, 2.45) is 16.7 Å². The number of hydrogen-bond donors (Lipinski definition) is 0. The van der Waals surface area contributed by atoms with Gasteiger partial charge in [0.05, 0.1) is 0 Å². The van der Waals surface area contributed by atoms with Crippen molar-refractivity contribution in [2.45, 2.75) is 33.1 Å². The van der Waals surface area contributed by atoms with Gasteiger partial charge in [-0.15, -0.1) is 0 Å². The van der Waals surface area contributed by atoms with Crippen molar-refractivity contribution < 1.29 is 43.1 Å². The van der Waals surface area contributed by atoms with Crippen LogP contribution in [0.2, 0.25) is 0 Å². The van der Waals surface area contributed by atoms with E-state index < -0.39 is 16.5 Å². The quantitative estimate of drug-likeness (QED) is 0.424. The fraction of sp³-hybridized carbons (Fsp3) is 0.900. The molecule has 0 saturated heterocycles. The minimum Gasteiger partial charge on any atom is -0.772 e. The monoisotopic (exact) mass is 238 g/mol. The molecule has 0 spiro atoms. The molecule has 0 aromatic heterocycles. The first-order valence-electron chi connectivity index (χ1n) is 4.99. The minimum atomic E-state index is -2.11. The van der Waals surface area contributed by atoms with E-state index in [1.807, 2.05) is 13.8 Å². The van der Waals surface area contributed by atoms with Crippen LogP contribution in [0.3, 0.4) is 0 Å². The summed E-state index contributed by atoms with van der Waals surface area (Å²) in [6, 6.07) is 0. The molecule has 1 unspecified atom stereocenters. The predicted molar refractivity (Wildman–Crippen MR) is 52.3 cm³/mol. The number of fused-ring (bicyclic) bond motifs is 2. The zero-order valence-corrected chi connectivity index (χ0v) is 12.4. The molecule has 0 radical (unpaired) electrons. The Balaban J connectivity index is 0.00000112. The summed E-state index contributed by atoms with van der Waals surface area (Å²) in [5.41, 5.74) is -0.686. The van der Waals surface area contributed by atoms with Gasteiger partial charge in [-0.05, 0) is 24.2 Å². The predicted octanol–water partition coefficient (Wildman–Crippen LogP) is -1.74. The van der Waals surface area contributed by atoms with Gasteiger partial charge in [-0.3, -0.25) is 9.00 Å². The Bertz CT molecular complexity index is 316. The maximum atomic E-state index is 11.8. The standard InChI is InChI=1S/C10H16O3S.Na/c1-9(2)7-3-4-10(9,6-14(12)13)8(11)5-7;/h7H,3-6H2,1-2H3,(H,12,13);/q;+1/p-1/t7-,10-;/m0./s1. The van der Waals surface area contributed by atoms with Crippen molar-refractivity contribution in [1.29, 1.82) is 0 Å². The summed E-state index contributed by atoms with van der Waals surface area (Å²) in [6.45, 7) is 4.09. The molecule has 2 rings (SSSR count). The van der Waals surface area contributed by atoms with E-state index in [-0.39, 0.29) is 46.5 Å². The molecule has 0 amide bonds. The van der Waals surface area contributed by atoms with E-state index in [9.17, 15) is 13.6 Å². The van der Waals surface area contributed by atoms with Crippen LogP contribution in [0.4, 0.5) is 0 Å². The Kier molecular flexibility index (Phi) is 3.90. The van der Waals surface area contributed by atoms with E-state index in [0.29, 0.717) is 12.3 Å². The van der Waals surface area contributed by atoms with Gasteiger partial charge < -0.3 is 4.55 Å². The largest absolute Gasteiger partial charge is 1.00 e. The second kappa shape index (κ2) is 4.22. The molecule has 2 saturated carbocycles. The third-order valence-corrected chi connectivity index (χ3v) is 5.23. The third-order valence-electron chi connectivity index (χ3n) is 4.50. The molecule has 0 aromatic carbocycles. The van der Waals surface area contributed by atoms with Gasteiger partial charge in [0, 0.05) is 17.6 Å². The van der Waals surface area contributed by atoms with Crippen LogP contribution in [-0.4, -0.2) is 20.3 Å². The van der Waals surface area contributed by atoms with Gasteiger partial charge in [0.15, 0.2) is 0 Å². The molecule has 3 atom stereocenters. The second-order valence-electron chi connectivity index (χ2n) is 5.11. The van der Waals surface area contributed by atoms with Crippen LogP contribution in [0.15, 0.2) is 0 Å². The normalized spacial score (nSPS) is 38.9. The number of ketones is 1. The molecule has 0 N–H and O–H groups in total. The number of carbonyl (C=O) groups is 1. The van der Waals surface area contributed by atoms with E-state index in [0.717, 1.165) is 12.8 Å². The average Bonchev–Trinajstić information content (AvgIpc) is 2.36. The summed E-state index contributed by atoms with van der Waals surface area (Å²) in [4.78, 5) is 11.8. The Morgan fingerprint density at radius 2 is 2.13 bits per heavy atom. The third kappa shape index (κ3) is 1.78. The molecule has 5 heteroatoms.